The number of amides is 1. The molecule has 6 heteroatoms. The number of amidine groups is 1. The average molecular weight is 399 g/mol. The van der Waals surface area contributed by atoms with E-state index in [1.54, 1.807) is 12.0 Å². The molecule has 0 spiro atoms. The van der Waals surface area contributed by atoms with Crippen LogP contribution >= 0.6 is 11.8 Å². The lowest BCUT2D eigenvalue weighted by Crippen LogP contribution is -2.33. The number of rotatable bonds is 8. The Morgan fingerprint density at radius 1 is 1.11 bits per heavy atom. The highest BCUT2D eigenvalue weighted by Crippen LogP contribution is 2.34. The number of ether oxygens (including phenoxy) is 2. The van der Waals surface area contributed by atoms with Gasteiger partial charge in [-0.25, -0.2) is 4.99 Å². The van der Waals surface area contributed by atoms with Gasteiger partial charge in [0, 0.05) is 6.54 Å². The minimum absolute atomic E-state index is 0.113. The minimum Gasteiger partial charge on any atom is -0.496 e. The van der Waals surface area contributed by atoms with Crippen LogP contribution in [0, 0.1) is 0 Å². The first-order valence-corrected chi connectivity index (χ1v) is 10.5. The number of hydrogen-bond donors (Lipinski definition) is 0. The first kappa shape index (κ1) is 20.3. The molecule has 0 N–H and O–H groups in total. The first-order valence-electron chi connectivity index (χ1n) is 9.57. The van der Waals surface area contributed by atoms with Gasteiger partial charge in [-0.3, -0.25) is 9.69 Å². The Labute approximate surface area is 170 Å². The molecule has 0 saturated carbocycles. The molecule has 3 rings (SSSR count). The van der Waals surface area contributed by atoms with Crippen molar-refractivity contribution in [3.8, 4) is 11.5 Å². The van der Waals surface area contributed by atoms with Crippen LogP contribution in [-0.2, 0) is 11.2 Å². The molecule has 0 radical (unpaired) electrons. The number of aliphatic imine (C=N–C) groups is 1. The first-order chi connectivity index (χ1) is 13.7. The molecular formula is C22H26N2O3S. The lowest BCUT2D eigenvalue weighted by molar-refractivity contribution is -0.126. The van der Waals surface area contributed by atoms with Crippen molar-refractivity contribution in [1.29, 1.82) is 0 Å². The van der Waals surface area contributed by atoms with Gasteiger partial charge in [0.15, 0.2) is 5.17 Å². The molecule has 1 saturated heterocycles. The SMILES string of the molecule is CCCN1C(=O)[C@@H](Cc2ccccc2OC)SC1=Nc1ccc(OCC)cc1. The maximum atomic E-state index is 13.0. The fourth-order valence-corrected chi connectivity index (χ4v) is 4.33. The maximum Gasteiger partial charge on any atom is 0.242 e. The van der Waals surface area contributed by atoms with E-state index in [1.807, 2.05) is 55.5 Å². The summed E-state index contributed by atoms with van der Waals surface area (Å²) in [5.41, 5.74) is 1.85. The van der Waals surface area contributed by atoms with E-state index < -0.39 is 0 Å². The smallest absolute Gasteiger partial charge is 0.242 e. The second kappa shape index (κ2) is 9.64. The second-order valence-corrected chi connectivity index (χ2v) is 7.60. The highest BCUT2D eigenvalue weighted by atomic mass is 32.2. The fourth-order valence-electron chi connectivity index (χ4n) is 3.12. The molecule has 0 bridgehead atoms. The molecule has 0 aliphatic carbocycles. The van der Waals surface area contributed by atoms with Gasteiger partial charge in [0.05, 0.1) is 24.7 Å². The molecule has 1 aliphatic rings. The number of benzene rings is 2. The van der Waals surface area contributed by atoms with Gasteiger partial charge in [-0.05, 0) is 55.7 Å². The number of hydrogen-bond acceptors (Lipinski definition) is 5. The van der Waals surface area contributed by atoms with Crippen LogP contribution < -0.4 is 9.47 Å². The van der Waals surface area contributed by atoms with Crippen molar-refractivity contribution in [3.63, 3.8) is 0 Å². The summed E-state index contributed by atoms with van der Waals surface area (Å²) >= 11 is 1.53. The number of nitrogens with zero attached hydrogens (tertiary/aromatic N) is 2. The average Bonchev–Trinajstić information content (AvgIpc) is 2.99. The van der Waals surface area contributed by atoms with E-state index in [2.05, 4.69) is 6.92 Å². The summed E-state index contributed by atoms with van der Waals surface area (Å²) in [6.07, 6.45) is 1.51. The topological polar surface area (TPSA) is 51.1 Å². The molecule has 2 aromatic carbocycles. The number of thioether (sulfide) groups is 1. The summed E-state index contributed by atoms with van der Waals surface area (Å²) in [4.78, 5) is 19.6. The molecule has 2 aromatic rings. The third-order valence-electron chi connectivity index (χ3n) is 4.44. The van der Waals surface area contributed by atoms with Crippen molar-refractivity contribution in [1.82, 2.24) is 4.90 Å². The molecule has 1 atom stereocenters. The van der Waals surface area contributed by atoms with Crippen molar-refractivity contribution >= 4 is 28.5 Å². The summed E-state index contributed by atoms with van der Waals surface area (Å²) in [5, 5.41) is 0.570. The molecule has 148 valence electrons. The van der Waals surface area contributed by atoms with Crippen molar-refractivity contribution < 1.29 is 14.3 Å². The number of carbonyl (C=O) groups is 1. The Bertz CT molecular complexity index is 836. The highest BCUT2D eigenvalue weighted by Gasteiger charge is 2.37. The normalized spacial score (nSPS) is 18.0. The van der Waals surface area contributed by atoms with Crippen LogP contribution in [0.5, 0.6) is 11.5 Å². The van der Waals surface area contributed by atoms with Gasteiger partial charge in [-0.2, -0.15) is 0 Å². The number of methoxy groups -OCH3 is 1. The zero-order valence-corrected chi connectivity index (χ0v) is 17.4. The third kappa shape index (κ3) is 4.68. The fraction of sp³-hybridized carbons (Fsp3) is 0.364. The predicted molar refractivity (Wildman–Crippen MR) is 115 cm³/mol. The third-order valence-corrected chi connectivity index (χ3v) is 5.61. The second-order valence-electron chi connectivity index (χ2n) is 6.43. The van der Waals surface area contributed by atoms with Crippen LogP contribution in [0.15, 0.2) is 53.5 Å². The van der Waals surface area contributed by atoms with E-state index in [9.17, 15) is 4.79 Å². The van der Waals surface area contributed by atoms with E-state index in [-0.39, 0.29) is 11.2 Å². The molecule has 5 nitrogen and oxygen atoms in total. The number of para-hydroxylation sites is 1. The van der Waals surface area contributed by atoms with Crippen LogP contribution in [0.3, 0.4) is 0 Å². The molecule has 28 heavy (non-hydrogen) atoms. The van der Waals surface area contributed by atoms with E-state index in [0.717, 1.165) is 34.3 Å². The quantitative estimate of drug-likeness (QED) is 0.648. The zero-order valence-electron chi connectivity index (χ0n) is 16.6. The van der Waals surface area contributed by atoms with E-state index in [0.29, 0.717) is 19.6 Å². The van der Waals surface area contributed by atoms with Crippen molar-refractivity contribution in [2.75, 3.05) is 20.3 Å². The van der Waals surface area contributed by atoms with Crippen LogP contribution in [0.4, 0.5) is 5.69 Å². The Morgan fingerprint density at radius 3 is 2.54 bits per heavy atom. The molecule has 1 heterocycles. The Morgan fingerprint density at radius 2 is 1.86 bits per heavy atom. The monoisotopic (exact) mass is 398 g/mol. The lowest BCUT2D eigenvalue weighted by Gasteiger charge is -2.15. The maximum absolute atomic E-state index is 13.0. The van der Waals surface area contributed by atoms with Crippen molar-refractivity contribution in [3.05, 3.63) is 54.1 Å². The van der Waals surface area contributed by atoms with Gasteiger partial charge in [-0.15, -0.1) is 0 Å². The van der Waals surface area contributed by atoms with Gasteiger partial charge in [-0.1, -0.05) is 36.9 Å². The summed E-state index contributed by atoms with van der Waals surface area (Å²) in [6, 6.07) is 15.5. The Hall–Kier alpha value is -2.47. The predicted octanol–water partition coefficient (Wildman–Crippen LogP) is 4.68. The van der Waals surface area contributed by atoms with Crippen LogP contribution in [0.25, 0.3) is 0 Å². The minimum atomic E-state index is -0.190. The van der Waals surface area contributed by atoms with Crippen molar-refractivity contribution in [2.45, 2.75) is 31.9 Å². The van der Waals surface area contributed by atoms with E-state index >= 15 is 0 Å². The molecular weight excluding hydrogens is 372 g/mol. The summed E-state index contributed by atoms with van der Waals surface area (Å²) in [7, 11) is 1.66. The Balaban J connectivity index is 1.81. The summed E-state index contributed by atoms with van der Waals surface area (Å²) in [6.45, 7) is 5.33. The van der Waals surface area contributed by atoms with Gasteiger partial charge in [0.2, 0.25) is 5.91 Å². The summed E-state index contributed by atoms with van der Waals surface area (Å²) in [5.74, 6) is 1.75. The largest absolute Gasteiger partial charge is 0.496 e. The molecule has 1 amide bonds. The van der Waals surface area contributed by atoms with Gasteiger partial charge >= 0.3 is 0 Å². The van der Waals surface area contributed by atoms with Gasteiger partial charge in [0.25, 0.3) is 0 Å². The van der Waals surface area contributed by atoms with Crippen LogP contribution in [0.2, 0.25) is 0 Å². The van der Waals surface area contributed by atoms with Gasteiger partial charge < -0.3 is 9.47 Å². The Kier molecular flexibility index (Phi) is 6.98. The lowest BCUT2D eigenvalue weighted by atomic mass is 10.1. The van der Waals surface area contributed by atoms with E-state index in [1.165, 1.54) is 11.8 Å². The van der Waals surface area contributed by atoms with Crippen molar-refractivity contribution in [2.24, 2.45) is 4.99 Å². The van der Waals surface area contributed by atoms with Crippen LogP contribution in [-0.4, -0.2) is 41.5 Å². The molecule has 1 aliphatic heterocycles. The van der Waals surface area contributed by atoms with Gasteiger partial charge in [0.1, 0.15) is 11.5 Å². The standard InChI is InChI=1S/C22H26N2O3S/c1-4-14-24-21(25)20(15-16-8-6-7-9-19(16)26-3)28-22(24)23-17-10-12-18(13-11-17)27-5-2/h6-13,20H,4-5,14-15H2,1-3H3/t20-/m1/s1. The van der Waals surface area contributed by atoms with E-state index in [4.69, 9.17) is 14.5 Å². The zero-order chi connectivity index (χ0) is 19.9. The number of carbonyl (C=O) groups excluding carboxylic acids is 1. The molecule has 0 aromatic heterocycles. The molecule has 0 unspecified atom stereocenters. The summed E-state index contributed by atoms with van der Waals surface area (Å²) < 4.78 is 10.9. The highest BCUT2D eigenvalue weighted by molar-refractivity contribution is 8.15. The molecule has 1 fully saturated rings. The van der Waals surface area contributed by atoms with Crippen LogP contribution in [0.1, 0.15) is 25.8 Å².